The van der Waals surface area contributed by atoms with Gasteiger partial charge in [-0.05, 0) is 19.3 Å². The molecule has 0 unspecified atom stereocenters. The normalized spacial score (nSPS) is 17.9. The van der Waals surface area contributed by atoms with Crippen molar-refractivity contribution in [1.29, 1.82) is 0 Å². The number of hydrogen-bond donors (Lipinski definition) is 1. The number of carbonyl (C=O) groups is 1. The van der Waals surface area contributed by atoms with Gasteiger partial charge < -0.3 is 10.2 Å². The van der Waals surface area contributed by atoms with E-state index in [-0.39, 0.29) is 6.03 Å². The minimum Gasteiger partial charge on any atom is -0.335 e. The molecule has 2 amide bonds. The molecule has 0 heterocycles. The molecule has 82 valence electrons. The topological polar surface area (TPSA) is 32.3 Å². The Morgan fingerprint density at radius 3 is 2.57 bits per heavy atom. The van der Waals surface area contributed by atoms with Crippen LogP contribution in [0.15, 0.2) is 0 Å². The first-order valence-corrected chi connectivity index (χ1v) is 5.75. The van der Waals surface area contributed by atoms with Crippen LogP contribution in [0.25, 0.3) is 0 Å². The lowest BCUT2D eigenvalue weighted by Gasteiger charge is -2.26. The molecule has 0 spiro atoms. The molecule has 0 aromatic rings. The Balaban J connectivity index is 2.24. The summed E-state index contributed by atoms with van der Waals surface area (Å²) in [6.45, 7) is 2.93. The van der Waals surface area contributed by atoms with Crippen LogP contribution < -0.4 is 5.32 Å². The fourth-order valence-electron chi connectivity index (χ4n) is 1.97. The van der Waals surface area contributed by atoms with Crippen LogP contribution in [-0.4, -0.2) is 30.6 Å². The fourth-order valence-corrected chi connectivity index (χ4v) is 1.97. The van der Waals surface area contributed by atoms with Gasteiger partial charge in [-0.1, -0.05) is 26.2 Å². The summed E-state index contributed by atoms with van der Waals surface area (Å²) in [5.41, 5.74) is 0. The van der Waals surface area contributed by atoms with Crippen LogP contribution in [-0.2, 0) is 0 Å². The Morgan fingerprint density at radius 1 is 1.36 bits per heavy atom. The molecule has 0 aromatic carbocycles. The van der Waals surface area contributed by atoms with Crippen molar-refractivity contribution in [2.75, 3.05) is 13.6 Å². The van der Waals surface area contributed by atoms with Gasteiger partial charge in [-0.2, -0.15) is 0 Å². The van der Waals surface area contributed by atoms with E-state index in [1.165, 1.54) is 19.3 Å². The summed E-state index contributed by atoms with van der Waals surface area (Å²) in [6, 6.07) is 0.523. The lowest BCUT2D eigenvalue weighted by Crippen LogP contribution is -2.44. The van der Waals surface area contributed by atoms with Gasteiger partial charge in [-0.3, -0.25) is 0 Å². The summed E-state index contributed by atoms with van der Waals surface area (Å²) in [5, 5.41) is 3.09. The van der Waals surface area contributed by atoms with Gasteiger partial charge in [-0.15, -0.1) is 0 Å². The van der Waals surface area contributed by atoms with Crippen LogP contribution in [0.5, 0.6) is 0 Å². The maximum absolute atomic E-state index is 11.6. The second-order valence-corrected chi connectivity index (χ2v) is 4.21. The Labute approximate surface area is 86.9 Å². The van der Waals surface area contributed by atoms with E-state index in [2.05, 4.69) is 12.2 Å². The highest BCUT2D eigenvalue weighted by Gasteiger charge is 2.17. The molecular formula is C11H22N2O. The molecule has 0 atom stereocenters. The van der Waals surface area contributed by atoms with Crippen molar-refractivity contribution in [2.45, 2.75) is 51.5 Å². The van der Waals surface area contributed by atoms with Crippen molar-refractivity contribution in [2.24, 2.45) is 0 Å². The molecule has 0 radical (unpaired) electrons. The van der Waals surface area contributed by atoms with Crippen LogP contribution in [0.3, 0.4) is 0 Å². The summed E-state index contributed by atoms with van der Waals surface area (Å²) in [5.74, 6) is 0. The van der Waals surface area contributed by atoms with E-state index in [9.17, 15) is 4.79 Å². The first kappa shape index (κ1) is 11.3. The van der Waals surface area contributed by atoms with Crippen LogP contribution in [0.4, 0.5) is 4.79 Å². The molecule has 0 bridgehead atoms. The quantitative estimate of drug-likeness (QED) is 0.742. The number of nitrogens with one attached hydrogen (secondary N) is 1. The van der Waals surface area contributed by atoms with Crippen molar-refractivity contribution >= 4 is 6.03 Å². The number of hydrogen-bond acceptors (Lipinski definition) is 1. The predicted octanol–water partition coefficient (Wildman–Crippen LogP) is 2.37. The third-order valence-electron chi connectivity index (χ3n) is 2.84. The molecule has 0 aromatic heterocycles. The van der Waals surface area contributed by atoms with Crippen molar-refractivity contribution in [3.8, 4) is 0 Å². The highest BCUT2D eigenvalue weighted by atomic mass is 16.2. The van der Waals surface area contributed by atoms with Crippen molar-refractivity contribution in [3.05, 3.63) is 0 Å². The van der Waals surface area contributed by atoms with Crippen LogP contribution >= 0.6 is 0 Å². The molecule has 3 heteroatoms. The molecule has 1 N–H and O–H groups in total. The monoisotopic (exact) mass is 198 g/mol. The average Bonchev–Trinajstić information content (AvgIpc) is 2.19. The molecule has 14 heavy (non-hydrogen) atoms. The van der Waals surface area contributed by atoms with Crippen LogP contribution in [0, 0.1) is 0 Å². The summed E-state index contributed by atoms with van der Waals surface area (Å²) in [6.07, 6.45) is 7.20. The van der Waals surface area contributed by atoms with Gasteiger partial charge in [0, 0.05) is 19.6 Å². The van der Waals surface area contributed by atoms with Crippen molar-refractivity contribution in [3.63, 3.8) is 0 Å². The highest BCUT2D eigenvalue weighted by Crippen LogP contribution is 2.17. The first-order valence-electron chi connectivity index (χ1n) is 5.75. The van der Waals surface area contributed by atoms with Gasteiger partial charge in [-0.25, -0.2) is 4.79 Å². The van der Waals surface area contributed by atoms with Gasteiger partial charge in [0.2, 0.25) is 0 Å². The molecule has 1 aliphatic carbocycles. The van der Waals surface area contributed by atoms with Crippen molar-refractivity contribution in [1.82, 2.24) is 10.2 Å². The van der Waals surface area contributed by atoms with E-state index in [0.717, 1.165) is 25.8 Å². The molecule has 0 aliphatic heterocycles. The number of amides is 2. The van der Waals surface area contributed by atoms with E-state index < -0.39 is 0 Å². The number of nitrogens with zero attached hydrogens (tertiary/aromatic N) is 1. The SMILES string of the molecule is CCCN(C)C(=O)NC1CCCCC1. The van der Waals surface area contributed by atoms with Gasteiger partial charge in [0.15, 0.2) is 0 Å². The highest BCUT2D eigenvalue weighted by molar-refractivity contribution is 5.74. The summed E-state index contributed by atoms with van der Waals surface area (Å²) in [4.78, 5) is 13.4. The fraction of sp³-hybridized carbons (Fsp3) is 0.909. The Kier molecular flexibility index (Phi) is 4.77. The number of urea groups is 1. The minimum atomic E-state index is 0.0961. The maximum atomic E-state index is 11.6. The molecule has 1 fully saturated rings. The van der Waals surface area contributed by atoms with E-state index in [1.807, 2.05) is 7.05 Å². The van der Waals surface area contributed by atoms with E-state index in [1.54, 1.807) is 4.90 Å². The summed E-state index contributed by atoms with van der Waals surface area (Å²) < 4.78 is 0. The van der Waals surface area contributed by atoms with Gasteiger partial charge >= 0.3 is 6.03 Å². The summed E-state index contributed by atoms with van der Waals surface area (Å²) in [7, 11) is 1.86. The van der Waals surface area contributed by atoms with Crippen LogP contribution in [0.1, 0.15) is 45.4 Å². The van der Waals surface area contributed by atoms with Crippen molar-refractivity contribution < 1.29 is 4.79 Å². The minimum absolute atomic E-state index is 0.0961. The molecule has 0 saturated heterocycles. The molecule has 3 nitrogen and oxygen atoms in total. The Morgan fingerprint density at radius 2 is 2.00 bits per heavy atom. The smallest absolute Gasteiger partial charge is 0.317 e. The summed E-state index contributed by atoms with van der Waals surface area (Å²) >= 11 is 0. The Hall–Kier alpha value is -0.730. The average molecular weight is 198 g/mol. The van der Waals surface area contributed by atoms with E-state index >= 15 is 0 Å². The van der Waals surface area contributed by atoms with Gasteiger partial charge in [0.1, 0.15) is 0 Å². The number of rotatable bonds is 3. The largest absolute Gasteiger partial charge is 0.335 e. The lowest BCUT2D eigenvalue weighted by atomic mass is 9.96. The van der Waals surface area contributed by atoms with Crippen LogP contribution in [0.2, 0.25) is 0 Å². The molecule has 1 rings (SSSR count). The molecular weight excluding hydrogens is 176 g/mol. The second-order valence-electron chi connectivity index (χ2n) is 4.21. The third-order valence-corrected chi connectivity index (χ3v) is 2.84. The van der Waals surface area contributed by atoms with Gasteiger partial charge in [0.05, 0.1) is 0 Å². The molecule has 1 aliphatic rings. The first-order chi connectivity index (χ1) is 6.74. The zero-order valence-electron chi connectivity index (χ0n) is 9.38. The standard InChI is InChI=1S/C11H22N2O/c1-3-9-13(2)11(14)12-10-7-5-4-6-8-10/h10H,3-9H2,1-2H3,(H,12,14). The van der Waals surface area contributed by atoms with E-state index in [0.29, 0.717) is 6.04 Å². The third kappa shape index (κ3) is 3.56. The predicted molar refractivity (Wildman–Crippen MR) is 58.3 cm³/mol. The Bertz CT molecular complexity index is 176. The lowest BCUT2D eigenvalue weighted by molar-refractivity contribution is 0.200. The number of carbonyl (C=O) groups excluding carboxylic acids is 1. The zero-order chi connectivity index (χ0) is 10.4. The second kappa shape index (κ2) is 5.89. The van der Waals surface area contributed by atoms with E-state index in [4.69, 9.17) is 0 Å². The maximum Gasteiger partial charge on any atom is 0.317 e. The van der Waals surface area contributed by atoms with Gasteiger partial charge in [0.25, 0.3) is 0 Å². The zero-order valence-corrected chi connectivity index (χ0v) is 9.38. The molecule has 1 saturated carbocycles.